The largest absolute Gasteiger partial charge is 0.378 e. The molecule has 1 N–H and O–H groups in total. The zero-order chi connectivity index (χ0) is 17.6. The van der Waals surface area contributed by atoms with Crippen molar-refractivity contribution >= 4 is 50.6 Å². The van der Waals surface area contributed by atoms with Gasteiger partial charge in [0.2, 0.25) is 0 Å². The molecular weight excluding hydrogens is 402 g/mol. The minimum atomic E-state index is -0.411. The second kappa shape index (κ2) is 8.30. The molecule has 0 radical (unpaired) electrons. The number of nitrogens with zero attached hydrogens (tertiary/aromatic N) is 2. The number of hydrogen-bond donors (Lipinski definition) is 1. The third kappa shape index (κ3) is 4.69. The van der Waals surface area contributed by atoms with Gasteiger partial charge in [-0.3, -0.25) is 4.79 Å². The fourth-order valence-electron chi connectivity index (χ4n) is 2.47. The first-order valence-corrected chi connectivity index (χ1v) is 9.38. The van der Waals surface area contributed by atoms with E-state index in [0.717, 1.165) is 40.7 Å². The van der Waals surface area contributed by atoms with Gasteiger partial charge in [0.1, 0.15) is 11.6 Å². The minimum Gasteiger partial charge on any atom is -0.378 e. The summed E-state index contributed by atoms with van der Waals surface area (Å²) < 4.78 is 6.30. The molecule has 1 fully saturated rings. The van der Waals surface area contributed by atoms with Gasteiger partial charge >= 0.3 is 0 Å². The maximum Gasteiger partial charge on any atom is 0.266 e. The van der Waals surface area contributed by atoms with Crippen molar-refractivity contribution in [1.82, 2.24) is 0 Å². The number of nitrogens with one attached hydrogen (secondary N) is 1. The lowest BCUT2D eigenvalue weighted by Crippen LogP contribution is -2.36. The summed E-state index contributed by atoms with van der Waals surface area (Å²) in [6.45, 7) is 3.19. The number of halogens is 1. The van der Waals surface area contributed by atoms with Crippen molar-refractivity contribution in [2.24, 2.45) is 0 Å². The predicted molar refractivity (Wildman–Crippen MR) is 104 cm³/mol. The van der Waals surface area contributed by atoms with Crippen LogP contribution in [0.3, 0.4) is 0 Å². The highest BCUT2D eigenvalue weighted by Crippen LogP contribution is 2.24. The van der Waals surface area contributed by atoms with Crippen LogP contribution in [0, 0.1) is 11.3 Å². The minimum absolute atomic E-state index is 0.0756. The SMILES string of the molecule is N#C/C(=C\c1ccc(Br)s1)C(=O)Nc1ccc(N2CCOCC2)cc1. The Morgan fingerprint density at radius 3 is 2.56 bits per heavy atom. The Labute approximate surface area is 158 Å². The van der Waals surface area contributed by atoms with E-state index in [9.17, 15) is 10.1 Å². The van der Waals surface area contributed by atoms with Crippen LogP contribution >= 0.6 is 27.3 Å². The van der Waals surface area contributed by atoms with E-state index >= 15 is 0 Å². The third-order valence-corrected chi connectivity index (χ3v) is 5.32. The smallest absolute Gasteiger partial charge is 0.266 e. The fraction of sp³-hybridized carbons (Fsp3) is 0.222. The molecule has 1 aromatic heterocycles. The predicted octanol–water partition coefficient (Wildman–Crippen LogP) is 3.89. The standard InChI is InChI=1S/C18H16BrN3O2S/c19-17-6-5-16(25-17)11-13(12-20)18(23)21-14-1-3-15(4-2-14)22-7-9-24-10-8-22/h1-6,11H,7-10H2,(H,21,23)/b13-11+. The molecule has 1 aliphatic heterocycles. The van der Waals surface area contributed by atoms with Crippen LogP contribution in [0.5, 0.6) is 0 Å². The van der Waals surface area contributed by atoms with E-state index in [1.807, 2.05) is 42.5 Å². The van der Waals surface area contributed by atoms with Gasteiger partial charge in [0.05, 0.1) is 17.0 Å². The Morgan fingerprint density at radius 2 is 1.96 bits per heavy atom. The average Bonchev–Trinajstić information content (AvgIpc) is 3.06. The molecule has 0 bridgehead atoms. The number of benzene rings is 1. The molecule has 1 amide bonds. The first kappa shape index (κ1) is 17.7. The summed E-state index contributed by atoms with van der Waals surface area (Å²) in [7, 11) is 0. The second-order valence-corrected chi connectivity index (χ2v) is 7.91. The first-order chi connectivity index (χ1) is 12.2. The van der Waals surface area contributed by atoms with Crippen molar-refractivity contribution in [3.05, 3.63) is 50.6 Å². The van der Waals surface area contributed by atoms with Crippen molar-refractivity contribution in [2.75, 3.05) is 36.5 Å². The maximum absolute atomic E-state index is 12.3. The number of amides is 1. The van der Waals surface area contributed by atoms with Gasteiger partial charge in [-0.15, -0.1) is 11.3 Å². The highest BCUT2D eigenvalue weighted by Gasteiger charge is 2.13. The first-order valence-electron chi connectivity index (χ1n) is 7.77. The van der Waals surface area contributed by atoms with Crippen molar-refractivity contribution in [3.63, 3.8) is 0 Å². The van der Waals surface area contributed by atoms with Gasteiger partial charge in [0.15, 0.2) is 0 Å². The van der Waals surface area contributed by atoms with Gasteiger partial charge in [0.25, 0.3) is 5.91 Å². The lowest BCUT2D eigenvalue weighted by molar-refractivity contribution is -0.112. The van der Waals surface area contributed by atoms with Crippen LogP contribution in [0.15, 0.2) is 45.8 Å². The van der Waals surface area contributed by atoms with E-state index in [-0.39, 0.29) is 5.57 Å². The molecule has 0 atom stereocenters. The molecule has 2 heterocycles. The molecule has 25 heavy (non-hydrogen) atoms. The summed E-state index contributed by atoms with van der Waals surface area (Å²) in [5, 5.41) is 12.0. The third-order valence-electron chi connectivity index (χ3n) is 3.75. The number of morpholine rings is 1. The van der Waals surface area contributed by atoms with Crippen LogP contribution < -0.4 is 10.2 Å². The monoisotopic (exact) mass is 417 g/mol. The van der Waals surface area contributed by atoms with Crippen LogP contribution in [0.25, 0.3) is 6.08 Å². The number of thiophene rings is 1. The van der Waals surface area contributed by atoms with Crippen LogP contribution in [0.1, 0.15) is 4.88 Å². The number of rotatable bonds is 4. The number of anilines is 2. The Hall–Kier alpha value is -2.14. The van der Waals surface area contributed by atoms with Crippen molar-refractivity contribution in [3.8, 4) is 6.07 Å². The van der Waals surface area contributed by atoms with Crippen molar-refractivity contribution in [2.45, 2.75) is 0 Å². The molecule has 1 aromatic carbocycles. The average molecular weight is 418 g/mol. The highest BCUT2D eigenvalue weighted by atomic mass is 79.9. The molecule has 0 unspecified atom stereocenters. The van der Waals surface area contributed by atoms with Gasteiger partial charge in [-0.2, -0.15) is 5.26 Å². The van der Waals surface area contributed by atoms with Crippen molar-refractivity contribution < 1.29 is 9.53 Å². The molecule has 1 saturated heterocycles. The number of carbonyl (C=O) groups is 1. The molecule has 2 aromatic rings. The Kier molecular flexibility index (Phi) is 5.87. The quantitative estimate of drug-likeness (QED) is 0.605. The van der Waals surface area contributed by atoms with Gasteiger partial charge in [-0.1, -0.05) is 0 Å². The van der Waals surface area contributed by atoms with E-state index in [1.165, 1.54) is 11.3 Å². The summed E-state index contributed by atoms with van der Waals surface area (Å²) in [4.78, 5) is 15.4. The molecule has 0 spiro atoms. The Bertz CT molecular complexity index is 818. The molecule has 3 rings (SSSR count). The molecule has 5 nitrogen and oxygen atoms in total. The molecule has 7 heteroatoms. The number of carbonyl (C=O) groups excluding carboxylic acids is 1. The van der Waals surface area contributed by atoms with E-state index in [0.29, 0.717) is 5.69 Å². The highest BCUT2D eigenvalue weighted by molar-refractivity contribution is 9.11. The van der Waals surface area contributed by atoms with Gasteiger partial charge < -0.3 is 15.0 Å². The number of ether oxygens (including phenoxy) is 1. The topological polar surface area (TPSA) is 65.4 Å². The van der Waals surface area contributed by atoms with Gasteiger partial charge in [0, 0.05) is 29.3 Å². The lowest BCUT2D eigenvalue weighted by Gasteiger charge is -2.28. The fourth-order valence-corrected chi connectivity index (χ4v) is 3.84. The van der Waals surface area contributed by atoms with E-state index < -0.39 is 5.91 Å². The van der Waals surface area contributed by atoms with Crippen LogP contribution in [0.4, 0.5) is 11.4 Å². The maximum atomic E-state index is 12.3. The molecule has 0 aliphatic carbocycles. The Balaban J connectivity index is 1.67. The summed E-state index contributed by atoms with van der Waals surface area (Å²) in [5.74, 6) is -0.411. The lowest BCUT2D eigenvalue weighted by atomic mass is 10.2. The van der Waals surface area contributed by atoms with Crippen LogP contribution in [-0.4, -0.2) is 32.2 Å². The molecular formula is C18H16BrN3O2S. The molecule has 0 saturated carbocycles. The van der Waals surface area contributed by atoms with Gasteiger partial charge in [-0.05, 0) is 58.4 Å². The van der Waals surface area contributed by atoms with Gasteiger partial charge in [-0.25, -0.2) is 0 Å². The summed E-state index contributed by atoms with van der Waals surface area (Å²) in [5.41, 5.74) is 1.84. The zero-order valence-corrected chi connectivity index (χ0v) is 15.8. The Morgan fingerprint density at radius 1 is 1.24 bits per heavy atom. The number of nitriles is 1. The summed E-state index contributed by atoms with van der Waals surface area (Å²) >= 11 is 4.83. The summed E-state index contributed by atoms with van der Waals surface area (Å²) in [6, 6.07) is 13.3. The van der Waals surface area contributed by atoms with E-state index in [2.05, 4.69) is 26.1 Å². The molecule has 1 aliphatic rings. The van der Waals surface area contributed by atoms with E-state index in [1.54, 1.807) is 6.08 Å². The van der Waals surface area contributed by atoms with Crippen molar-refractivity contribution in [1.29, 1.82) is 5.26 Å². The zero-order valence-electron chi connectivity index (χ0n) is 13.4. The normalized spacial score (nSPS) is 14.9. The number of hydrogen-bond acceptors (Lipinski definition) is 5. The van der Waals surface area contributed by atoms with Crippen LogP contribution in [-0.2, 0) is 9.53 Å². The van der Waals surface area contributed by atoms with E-state index in [4.69, 9.17) is 4.74 Å². The summed E-state index contributed by atoms with van der Waals surface area (Å²) in [6.07, 6.45) is 1.59. The van der Waals surface area contributed by atoms with Crippen LogP contribution in [0.2, 0.25) is 0 Å². The molecule has 128 valence electrons. The second-order valence-electron chi connectivity index (χ2n) is 5.41.